The van der Waals surface area contributed by atoms with Gasteiger partial charge in [0.25, 0.3) is 5.56 Å². The molecular weight excluding hydrogens is 396 g/mol. The summed E-state index contributed by atoms with van der Waals surface area (Å²) in [5, 5.41) is 11.6. The van der Waals surface area contributed by atoms with Crippen molar-refractivity contribution >= 4 is 22.5 Å². The molecule has 4 rings (SSSR count). The van der Waals surface area contributed by atoms with Crippen molar-refractivity contribution in [3.8, 4) is 0 Å². The van der Waals surface area contributed by atoms with Crippen molar-refractivity contribution in [2.75, 3.05) is 44.2 Å². The molecule has 0 unspecified atom stereocenters. The van der Waals surface area contributed by atoms with Crippen LogP contribution in [-0.2, 0) is 11.3 Å². The first kappa shape index (κ1) is 21.0. The van der Waals surface area contributed by atoms with Crippen LogP contribution < -0.4 is 15.8 Å². The molecule has 0 radical (unpaired) electrons. The normalized spacial score (nSPS) is 14.8. The van der Waals surface area contributed by atoms with E-state index in [4.69, 9.17) is 4.52 Å². The van der Waals surface area contributed by atoms with E-state index in [2.05, 4.69) is 49.6 Å². The Kier molecular flexibility index (Phi) is 6.31. The molecule has 9 nitrogen and oxygen atoms in total. The zero-order chi connectivity index (χ0) is 21.8. The third-order valence-corrected chi connectivity index (χ3v) is 5.69. The van der Waals surface area contributed by atoms with Gasteiger partial charge in [-0.3, -0.25) is 14.5 Å². The monoisotopic (exact) mass is 424 g/mol. The Morgan fingerprint density at radius 2 is 1.87 bits per heavy atom. The molecule has 3 heterocycles. The van der Waals surface area contributed by atoms with E-state index in [-0.39, 0.29) is 18.0 Å². The van der Waals surface area contributed by atoms with Crippen LogP contribution in [0.5, 0.6) is 0 Å². The predicted octanol–water partition coefficient (Wildman–Crippen LogP) is 1.33. The number of amides is 1. The lowest BCUT2D eigenvalue weighted by Gasteiger charge is -2.36. The Hall–Kier alpha value is -3.20. The number of nitrogens with zero attached hydrogens (tertiary/aromatic N) is 5. The van der Waals surface area contributed by atoms with Crippen LogP contribution in [0.3, 0.4) is 0 Å². The van der Waals surface area contributed by atoms with Gasteiger partial charge in [-0.25, -0.2) is 4.68 Å². The number of aryl methyl sites for hydroxylation is 2. The molecule has 1 aliphatic heterocycles. The summed E-state index contributed by atoms with van der Waals surface area (Å²) in [6.45, 7) is 8.93. The molecule has 9 heteroatoms. The number of fused-ring (bicyclic) bond motifs is 1. The van der Waals surface area contributed by atoms with Gasteiger partial charge in [0.2, 0.25) is 5.91 Å². The molecule has 3 aromatic rings. The summed E-state index contributed by atoms with van der Waals surface area (Å²) in [7, 11) is 0. The molecule has 0 spiro atoms. The maximum absolute atomic E-state index is 12.5. The highest BCUT2D eigenvalue weighted by Gasteiger charge is 2.18. The van der Waals surface area contributed by atoms with Crippen molar-refractivity contribution in [2.24, 2.45) is 0 Å². The predicted molar refractivity (Wildman–Crippen MR) is 118 cm³/mol. The maximum Gasteiger partial charge on any atom is 0.297 e. The Morgan fingerprint density at radius 3 is 2.61 bits per heavy atom. The van der Waals surface area contributed by atoms with Gasteiger partial charge in [-0.15, -0.1) is 0 Å². The zero-order valence-corrected chi connectivity index (χ0v) is 18.0. The van der Waals surface area contributed by atoms with Crippen molar-refractivity contribution in [3.05, 3.63) is 52.1 Å². The number of hydrogen-bond donors (Lipinski definition) is 1. The second-order valence-electron chi connectivity index (χ2n) is 7.88. The summed E-state index contributed by atoms with van der Waals surface area (Å²) in [6.07, 6.45) is 0.861. The van der Waals surface area contributed by atoms with Crippen LogP contribution in [0.25, 0.3) is 10.9 Å². The summed E-state index contributed by atoms with van der Waals surface area (Å²) >= 11 is 0. The summed E-state index contributed by atoms with van der Waals surface area (Å²) in [4.78, 5) is 29.6. The van der Waals surface area contributed by atoms with Crippen molar-refractivity contribution < 1.29 is 9.32 Å². The molecule has 1 N–H and O–H groups in total. The first-order valence-corrected chi connectivity index (χ1v) is 10.7. The number of piperazine rings is 1. The quantitative estimate of drug-likeness (QED) is 0.572. The van der Waals surface area contributed by atoms with Gasteiger partial charge in [-0.05, 0) is 38.9 Å². The fraction of sp³-hybridized carbons (Fsp3) is 0.455. The summed E-state index contributed by atoms with van der Waals surface area (Å²) in [5.74, 6) is 0.320. The van der Waals surface area contributed by atoms with E-state index in [9.17, 15) is 9.59 Å². The Bertz CT molecular complexity index is 1100. The SMILES string of the molecule is Cc1nn(CC(=O)NCCCN2CCN(c3ccccc3)CC2)c(=O)c2noc(C)c12. The Morgan fingerprint density at radius 1 is 1.13 bits per heavy atom. The molecule has 2 aromatic heterocycles. The third-order valence-electron chi connectivity index (χ3n) is 5.69. The van der Waals surface area contributed by atoms with Crippen LogP contribution in [0.1, 0.15) is 17.9 Å². The van der Waals surface area contributed by atoms with Crippen molar-refractivity contribution in [1.82, 2.24) is 25.2 Å². The van der Waals surface area contributed by atoms with E-state index in [0.717, 1.165) is 43.8 Å². The zero-order valence-electron chi connectivity index (χ0n) is 18.0. The minimum absolute atomic E-state index is 0.128. The second-order valence-corrected chi connectivity index (χ2v) is 7.88. The van der Waals surface area contributed by atoms with Gasteiger partial charge < -0.3 is 14.7 Å². The van der Waals surface area contributed by atoms with Gasteiger partial charge in [-0.1, -0.05) is 23.4 Å². The van der Waals surface area contributed by atoms with Gasteiger partial charge in [0.15, 0.2) is 5.52 Å². The molecule has 1 fully saturated rings. The van der Waals surface area contributed by atoms with E-state index in [0.29, 0.717) is 23.4 Å². The maximum atomic E-state index is 12.5. The molecule has 0 bridgehead atoms. The number of hydrogen-bond acceptors (Lipinski definition) is 7. The second kappa shape index (κ2) is 9.30. The van der Waals surface area contributed by atoms with E-state index in [1.165, 1.54) is 5.69 Å². The summed E-state index contributed by atoms with van der Waals surface area (Å²) in [5.41, 5.74) is 1.69. The van der Waals surface area contributed by atoms with Gasteiger partial charge in [0.05, 0.1) is 11.1 Å². The third kappa shape index (κ3) is 4.77. The molecule has 31 heavy (non-hydrogen) atoms. The van der Waals surface area contributed by atoms with Crippen molar-refractivity contribution in [3.63, 3.8) is 0 Å². The molecule has 0 saturated carbocycles. The van der Waals surface area contributed by atoms with Crippen LogP contribution in [0, 0.1) is 13.8 Å². The fourth-order valence-electron chi connectivity index (χ4n) is 4.04. The largest absolute Gasteiger partial charge is 0.369 e. The first-order chi connectivity index (χ1) is 15.0. The Balaban J connectivity index is 1.21. The van der Waals surface area contributed by atoms with Crippen LogP contribution in [0.4, 0.5) is 5.69 Å². The number of carbonyl (C=O) groups excluding carboxylic acids is 1. The van der Waals surface area contributed by atoms with E-state index < -0.39 is 5.56 Å². The minimum Gasteiger partial charge on any atom is -0.369 e. The topological polar surface area (TPSA) is 96.5 Å². The number of anilines is 1. The lowest BCUT2D eigenvalue weighted by atomic mass is 10.2. The molecule has 0 aliphatic carbocycles. The highest BCUT2D eigenvalue weighted by atomic mass is 16.5. The van der Waals surface area contributed by atoms with Crippen LogP contribution >= 0.6 is 0 Å². The molecule has 1 aromatic carbocycles. The number of benzene rings is 1. The minimum atomic E-state index is -0.413. The lowest BCUT2D eigenvalue weighted by Crippen LogP contribution is -2.47. The average Bonchev–Trinajstić information content (AvgIpc) is 3.18. The average molecular weight is 425 g/mol. The summed E-state index contributed by atoms with van der Waals surface area (Å²) in [6, 6.07) is 10.5. The molecule has 1 amide bonds. The fourth-order valence-corrected chi connectivity index (χ4v) is 4.04. The van der Waals surface area contributed by atoms with E-state index in [1.54, 1.807) is 13.8 Å². The number of nitrogens with one attached hydrogen (secondary N) is 1. The number of para-hydroxylation sites is 1. The van der Waals surface area contributed by atoms with Crippen LogP contribution in [0.2, 0.25) is 0 Å². The molecule has 0 atom stereocenters. The van der Waals surface area contributed by atoms with Crippen molar-refractivity contribution in [2.45, 2.75) is 26.8 Å². The smallest absolute Gasteiger partial charge is 0.297 e. The standard InChI is InChI=1S/C22H28N6O3/c1-16-20-17(2)31-25-21(20)22(30)28(24-16)15-19(29)23-9-6-10-26-11-13-27(14-12-26)18-7-4-3-5-8-18/h3-5,7-8H,6,9-15H2,1-2H3,(H,23,29). The lowest BCUT2D eigenvalue weighted by molar-refractivity contribution is -0.121. The van der Waals surface area contributed by atoms with Gasteiger partial charge in [0, 0.05) is 38.4 Å². The highest BCUT2D eigenvalue weighted by Crippen LogP contribution is 2.17. The van der Waals surface area contributed by atoms with Gasteiger partial charge in [-0.2, -0.15) is 5.10 Å². The van der Waals surface area contributed by atoms with Gasteiger partial charge >= 0.3 is 0 Å². The number of rotatable bonds is 7. The van der Waals surface area contributed by atoms with E-state index in [1.807, 2.05) is 6.07 Å². The van der Waals surface area contributed by atoms with Crippen molar-refractivity contribution in [1.29, 1.82) is 0 Å². The van der Waals surface area contributed by atoms with Crippen LogP contribution in [-0.4, -0.2) is 65.0 Å². The van der Waals surface area contributed by atoms with Crippen LogP contribution in [0.15, 0.2) is 39.6 Å². The molecular formula is C22H28N6O3. The number of aromatic nitrogens is 3. The number of carbonyl (C=O) groups is 1. The van der Waals surface area contributed by atoms with E-state index >= 15 is 0 Å². The summed E-state index contributed by atoms with van der Waals surface area (Å²) < 4.78 is 6.24. The molecule has 1 saturated heterocycles. The highest BCUT2D eigenvalue weighted by molar-refractivity contribution is 5.82. The van der Waals surface area contributed by atoms with Gasteiger partial charge in [0.1, 0.15) is 12.3 Å². The first-order valence-electron chi connectivity index (χ1n) is 10.7. The molecule has 1 aliphatic rings. The Labute approximate surface area is 180 Å². The molecule has 164 valence electrons.